The molecular formula is C26H29N3O3S. The summed E-state index contributed by atoms with van der Waals surface area (Å²) in [6, 6.07) is 20.1. The molecule has 0 aliphatic carbocycles. The molecule has 1 amide bonds. The number of hydrogen-bond donors (Lipinski definition) is 1. The van der Waals surface area contributed by atoms with Crippen molar-refractivity contribution in [1.29, 1.82) is 0 Å². The molecule has 1 aromatic heterocycles. The number of piperidine rings is 1. The van der Waals surface area contributed by atoms with Crippen molar-refractivity contribution in [2.75, 3.05) is 31.6 Å². The van der Waals surface area contributed by atoms with Gasteiger partial charge in [-0.3, -0.25) is 9.69 Å². The van der Waals surface area contributed by atoms with Crippen LogP contribution in [0.5, 0.6) is 0 Å². The summed E-state index contributed by atoms with van der Waals surface area (Å²) in [5, 5.41) is 3.30. The lowest BCUT2D eigenvalue weighted by molar-refractivity contribution is -0.117. The fourth-order valence-electron chi connectivity index (χ4n) is 4.16. The number of anilines is 1. The first-order chi connectivity index (χ1) is 16.1. The van der Waals surface area contributed by atoms with Gasteiger partial charge in [0.15, 0.2) is 5.13 Å². The number of carbonyl (C=O) groups is 2. The van der Waals surface area contributed by atoms with Crippen molar-refractivity contribution in [1.82, 2.24) is 9.88 Å². The van der Waals surface area contributed by atoms with Crippen LogP contribution in [-0.4, -0.2) is 48.0 Å². The summed E-state index contributed by atoms with van der Waals surface area (Å²) >= 11 is 1.16. The molecule has 0 unspecified atom stereocenters. The number of rotatable bonds is 8. The van der Waals surface area contributed by atoms with E-state index in [0.717, 1.165) is 49.3 Å². The Hall–Kier alpha value is -3.03. The lowest BCUT2D eigenvalue weighted by Gasteiger charge is -2.31. The molecule has 0 bridgehead atoms. The number of amides is 1. The van der Waals surface area contributed by atoms with Gasteiger partial charge in [0.2, 0.25) is 5.91 Å². The molecule has 1 aliphatic rings. The molecule has 1 N–H and O–H groups in total. The van der Waals surface area contributed by atoms with E-state index in [1.165, 1.54) is 5.56 Å². The summed E-state index contributed by atoms with van der Waals surface area (Å²) in [4.78, 5) is 32.3. The number of likely N-dealkylation sites (tertiary alicyclic amines) is 1. The van der Waals surface area contributed by atoms with E-state index in [1.807, 2.05) is 36.4 Å². The van der Waals surface area contributed by atoms with Gasteiger partial charge in [0.25, 0.3) is 0 Å². The first-order valence-electron chi connectivity index (χ1n) is 11.4. The van der Waals surface area contributed by atoms with Crippen molar-refractivity contribution in [2.24, 2.45) is 5.92 Å². The first kappa shape index (κ1) is 23.1. The average molecular weight is 464 g/mol. The average Bonchev–Trinajstić information content (AvgIpc) is 3.25. The smallest absolute Gasteiger partial charge is 0.350 e. The van der Waals surface area contributed by atoms with E-state index in [4.69, 9.17) is 4.74 Å². The molecule has 33 heavy (non-hydrogen) atoms. The summed E-state index contributed by atoms with van der Waals surface area (Å²) in [6.45, 7) is 4.20. The Kier molecular flexibility index (Phi) is 7.86. The molecule has 0 radical (unpaired) electrons. The van der Waals surface area contributed by atoms with Crippen LogP contribution in [-0.2, 0) is 16.0 Å². The Morgan fingerprint density at radius 2 is 1.73 bits per heavy atom. The van der Waals surface area contributed by atoms with Crippen molar-refractivity contribution >= 4 is 28.3 Å². The molecule has 4 rings (SSSR count). The summed E-state index contributed by atoms with van der Waals surface area (Å²) < 4.78 is 5.19. The number of esters is 1. The molecule has 0 spiro atoms. The molecule has 3 aromatic rings. The molecule has 172 valence electrons. The number of ether oxygens (including phenoxy) is 1. The Morgan fingerprint density at radius 1 is 1.06 bits per heavy atom. The Bertz CT molecular complexity index is 1060. The van der Waals surface area contributed by atoms with Gasteiger partial charge in [0.05, 0.1) is 18.8 Å². The highest BCUT2D eigenvalue weighted by atomic mass is 32.1. The highest BCUT2D eigenvalue weighted by Gasteiger charge is 2.24. The van der Waals surface area contributed by atoms with E-state index in [-0.39, 0.29) is 12.5 Å². The number of carbonyl (C=O) groups excluding carboxylic acids is 2. The summed E-state index contributed by atoms with van der Waals surface area (Å²) in [7, 11) is 0. The minimum atomic E-state index is -0.421. The van der Waals surface area contributed by atoms with E-state index >= 15 is 0 Å². The SMILES string of the molecule is CCOC(=O)c1sc(NC(=O)CN2CCC(Cc3ccccc3)CC2)nc1-c1ccccc1. The molecule has 1 fully saturated rings. The van der Waals surface area contributed by atoms with Crippen LogP contribution >= 0.6 is 11.3 Å². The number of aromatic nitrogens is 1. The van der Waals surface area contributed by atoms with Crippen LogP contribution in [0, 0.1) is 5.92 Å². The predicted octanol–water partition coefficient (Wildman–Crippen LogP) is 4.88. The van der Waals surface area contributed by atoms with Crippen LogP contribution in [0.25, 0.3) is 11.3 Å². The highest BCUT2D eigenvalue weighted by molar-refractivity contribution is 7.18. The summed E-state index contributed by atoms with van der Waals surface area (Å²) in [6.07, 6.45) is 3.27. The van der Waals surface area contributed by atoms with E-state index < -0.39 is 5.97 Å². The van der Waals surface area contributed by atoms with Crippen LogP contribution in [0.3, 0.4) is 0 Å². The van der Waals surface area contributed by atoms with Crippen LogP contribution in [0.15, 0.2) is 60.7 Å². The van der Waals surface area contributed by atoms with Gasteiger partial charge in [0.1, 0.15) is 4.88 Å². The minimum absolute atomic E-state index is 0.111. The molecule has 0 saturated carbocycles. The zero-order valence-corrected chi connectivity index (χ0v) is 19.6. The van der Waals surface area contributed by atoms with Gasteiger partial charge in [-0.15, -0.1) is 0 Å². The molecule has 2 aromatic carbocycles. The molecule has 6 nitrogen and oxygen atoms in total. The van der Waals surface area contributed by atoms with E-state index in [0.29, 0.717) is 28.2 Å². The van der Waals surface area contributed by atoms with Gasteiger partial charge in [-0.25, -0.2) is 9.78 Å². The minimum Gasteiger partial charge on any atom is -0.462 e. The van der Waals surface area contributed by atoms with Crippen LogP contribution in [0.1, 0.15) is 35.0 Å². The third-order valence-electron chi connectivity index (χ3n) is 5.82. The quantitative estimate of drug-likeness (QED) is 0.482. The second kappa shape index (κ2) is 11.2. The topological polar surface area (TPSA) is 71.5 Å². The number of hydrogen-bond acceptors (Lipinski definition) is 6. The molecule has 1 aliphatic heterocycles. The van der Waals surface area contributed by atoms with Gasteiger partial charge in [-0.2, -0.15) is 0 Å². The second-order valence-electron chi connectivity index (χ2n) is 8.24. The number of benzene rings is 2. The Labute approximate surface area is 198 Å². The molecule has 1 saturated heterocycles. The molecule has 2 heterocycles. The van der Waals surface area contributed by atoms with Gasteiger partial charge in [-0.05, 0) is 50.8 Å². The molecule has 0 atom stereocenters. The van der Waals surface area contributed by atoms with Crippen molar-refractivity contribution in [3.05, 3.63) is 71.1 Å². The highest BCUT2D eigenvalue weighted by Crippen LogP contribution is 2.32. The first-order valence-corrected chi connectivity index (χ1v) is 12.2. The van der Waals surface area contributed by atoms with Crippen molar-refractivity contribution in [2.45, 2.75) is 26.2 Å². The fraction of sp³-hybridized carbons (Fsp3) is 0.346. The third kappa shape index (κ3) is 6.27. The van der Waals surface area contributed by atoms with Crippen molar-refractivity contribution in [3.63, 3.8) is 0 Å². The zero-order chi connectivity index (χ0) is 23.0. The Balaban J connectivity index is 1.34. The van der Waals surface area contributed by atoms with Crippen molar-refractivity contribution in [3.8, 4) is 11.3 Å². The number of thiazole rings is 1. The van der Waals surface area contributed by atoms with Crippen LogP contribution in [0.2, 0.25) is 0 Å². The Morgan fingerprint density at radius 3 is 2.39 bits per heavy atom. The van der Waals surface area contributed by atoms with Gasteiger partial charge in [0, 0.05) is 5.56 Å². The number of nitrogens with zero attached hydrogens (tertiary/aromatic N) is 2. The lowest BCUT2D eigenvalue weighted by atomic mass is 9.90. The monoisotopic (exact) mass is 463 g/mol. The second-order valence-corrected chi connectivity index (χ2v) is 9.24. The standard InChI is InChI=1S/C26H29N3O3S/c1-2-32-25(31)24-23(21-11-7-4-8-12-21)28-26(33-24)27-22(30)18-29-15-13-20(14-16-29)17-19-9-5-3-6-10-19/h3-12,20H,2,13-18H2,1H3,(H,27,28,30). The number of nitrogens with one attached hydrogen (secondary N) is 1. The summed E-state index contributed by atoms with van der Waals surface area (Å²) in [5.74, 6) is 0.126. The predicted molar refractivity (Wildman–Crippen MR) is 131 cm³/mol. The lowest BCUT2D eigenvalue weighted by Crippen LogP contribution is -2.39. The maximum atomic E-state index is 12.7. The normalized spacial score (nSPS) is 14.7. The van der Waals surface area contributed by atoms with Gasteiger partial charge >= 0.3 is 5.97 Å². The van der Waals surface area contributed by atoms with Gasteiger partial charge in [-0.1, -0.05) is 72.0 Å². The van der Waals surface area contributed by atoms with E-state index in [2.05, 4.69) is 39.5 Å². The van der Waals surface area contributed by atoms with Crippen LogP contribution in [0.4, 0.5) is 5.13 Å². The van der Waals surface area contributed by atoms with Crippen molar-refractivity contribution < 1.29 is 14.3 Å². The van der Waals surface area contributed by atoms with Crippen LogP contribution < -0.4 is 5.32 Å². The summed E-state index contributed by atoms with van der Waals surface area (Å²) in [5.41, 5.74) is 2.73. The molecule has 7 heteroatoms. The van der Waals surface area contributed by atoms with E-state index in [1.54, 1.807) is 6.92 Å². The maximum absolute atomic E-state index is 12.7. The molecular weight excluding hydrogens is 434 g/mol. The van der Waals surface area contributed by atoms with Gasteiger partial charge < -0.3 is 10.1 Å². The van der Waals surface area contributed by atoms with E-state index in [9.17, 15) is 9.59 Å². The zero-order valence-electron chi connectivity index (χ0n) is 18.8. The third-order valence-corrected chi connectivity index (χ3v) is 6.77. The largest absolute Gasteiger partial charge is 0.462 e. The fourth-order valence-corrected chi connectivity index (χ4v) is 5.06. The maximum Gasteiger partial charge on any atom is 0.350 e.